The number of rotatable bonds is 7. The Bertz CT molecular complexity index is 446. The molecule has 4 nitrogen and oxygen atoms in total. The van der Waals surface area contributed by atoms with Crippen molar-refractivity contribution in [3.8, 4) is 5.75 Å². The van der Waals surface area contributed by atoms with Crippen molar-refractivity contribution in [3.63, 3.8) is 0 Å². The molecule has 118 valence electrons. The van der Waals surface area contributed by atoms with E-state index in [2.05, 4.69) is 9.47 Å². The Morgan fingerprint density at radius 1 is 1.24 bits per heavy atom. The molecule has 0 spiro atoms. The SMILES string of the molecule is COC(=O)CCCN(C)Cc1ccc(OC(F)(F)F)cc1. The standard InChI is InChI=1S/C14H18F3NO3/c1-18(9-3-4-13(19)20-2)10-11-5-7-12(8-6-11)21-14(15,16)17/h5-8H,3-4,9-10H2,1-2H3. The zero-order valence-electron chi connectivity index (χ0n) is 11.9. The first-order valence-electron chi connectivity index (χ1n) is 6.40. The average molecular weight is 305 g/mol. The van der Waals surface area contributed by atoms with Crippen LogP contribution in [0.25, 0.3) is 0 Å². The number of hydrogen-bond donors (Lipinski definition) is 0. The lowest BCUT2D eigenvalue weighted by molar-refractivity contribution is -0.274. The largest absolute Gasteiger partial charge is 0.573 e. The molecular weight excluding hydrogens is 287 g/mol. The summed E-state index contributed by atoms with van der Waals surface area (Å²) in [6, 6.07) is 5.73. The van der Waals surface area contributed by atoms with Gasteiger partial charge in [-0.25, -0.2) is 0 Å². The number of alkyl halides is 3. The van der Waals surface area contributed by atoms with E-state index in [9.17, 15) is 18.0 Å². The van der Waals surface area contributed by atoms with E-state index in [-0.39, 0.29) is 11.7 Å². The minimum atomic E-state index is -4.67. The van der Waals surface area contributed by atoms with Gasteiger partial charge in [0, 0.05) is 13.0 Å². The minimum absolute atomic E-state index is 0.236. The molecule has 0 unspecified atom stereocenters. The number of carbonyl (C=O) groups is 1. The summed E-state index contributed by atoms with van der Waals surface area (Å²) in [6.07, 6.45) is -3.66. The van der Waals surface area contributed by atoms with Crippen LogP contribution in [0.5, 0.6) is 5.75 Å². The van der Waals surface area contributed by atoms with Crippen LogP contribution in [0.15, 0.2) is 24.3 Å². The van der Waals surface area contributed by atoms with Crippen LogP contribution >= 0.6 is 0 Å². The van der Waals surface area contributed by atoms with Crippen molar-refractivity contribution in [3.05, 3.63) is 29.8 Å². The second-order valence-electron chi connectivity index (χ2n) is 4.61. The molecule has 0 aromatic heterocycles. The monoisotopic (exact) mass is 305 g/mol. The normalized spacial score (nSPS) is 11.5. The Morgan fingerprint density at radius 2 is 1.86 bits per heavy atom. The fraction of sp³-hybridized carbons (Fsp3) is 0.500. The molecule has 21 heavy (non-hydrogen) atoms. The molecule has 0 aliphatic heterocycles. The van der Waals surface area contributed by atoms with Crippen LogP contribution in [0.4, 0.5) is 13.2 Å². The van der Waals surface area contributed by atoms with Gasteiger partial charge in [0.25, 0.3) is 0 Å². The summed E-state index contributed by atoms with van der Waals surface area (Å²) in [5, 5.41) is 0. The number of halogens is 3. The van der Waals surface area contributed by atoms with Gasteiger partial charge in [-0.05, 0) is 37.7 Å². The Kier molecular flexibility index (Phi) is 6.48. The highest BCUT2D eigenvalue weighted by atomic mass is 19.4. The molecule has 0 heterocycles. The molecule has 7 heteroatoms. The number of ether oxygens (including phenoxy) is 2. The summed E-state index contributed by atoms with van der Waals surface area (Å²) < 4.78 is 44.4. The lowest BCUT2D eigenvalue weighted by atomic mass is 10.2. The third-order valence-corrected chi connectivity index (χ3v) is 2.76. The number of benzene rings is 1. The van der Waals surface area contributed by atoms with Crippen molar-refractivity contribution >= 4 is 5.97 Å². The Labute approximate surface area is 121 Å². The van der Waals surface area contributed by atoms with Gasteiger partial charge in [-0.15, -0.1) is 13.2 Å². The second-order valence-corrected chi connectivity index (χ2v) is 4.61. The highest BCUT2D eigenvalue weighted by molar-refractivity contribution is 5.69. The second kappa shape index (κ2) is 7.87. The first-order chi connectivity index (χ1) is 9.80. The third kappa shape index (κ3) is 7.55. The van der Waals surface area contributed by atoms with Crippen molar-refractivity contribution in [2.45, 2.75) is 25.7 Å². The summed E-state index contributed by atoms with van der Waals surface area (Å²) in [5.41, 5.74) is 0.866. The van der Waals surface area contributed by atoms with Gasteiger partial charge in [0.05, 0.1) is 7.11 Å². The molecular formula is C14H18F3NO3. The van der Waals surface area contributed by atoms with Gasteiger partial charge in [0.15, 0.2) is 0 Å². The van der Waals surface area contributed by atoms with E-state index >= 15 is 0 Å². The van der Waals surface area contributed by atoms with Gasteiger partial charge in [0.1, 0.15) is 5.75 Å². The molecule has 0 saturated carbocycles. The van der Waals surface area contributed by atoms with Crippen LogP contribution in [0.2, 0.25) is 0 Å². The zero-order chi connectivity index (χ0) is 15.9. The van der Waals surface area contributed by atoms with Crippen molar-refractivity contribution in [2.24, 2.45) is 0 Å². The molecule has 0 radical (unpaired) electrons. The molecule has 0 saturated heterocycles. The molecule has 1 aromatic rings. The maximum Gasteiger partial charge on any atom is 0.573 e. The number of methoxy groups -OCH3 is 1. The summed E-state index contributed by atoms with van der Waals surface area (Å²) >= 11 is 0. The Hall–Kier alpha value is -1.76. The van der Waals surface area contributed by atoms with Gasteiger partial charge >= 0.3 is 12.3 Å². The van der Waals surface area contributed by atoms with Gasteiger partial charge in [-0.2, -0.15) is 0 Å². The summed E-state index contributed by atoms with van der Waals surface area (Å²) in [6.45, 7) is 1.27. The Morgan fingerprint density at radius 3 is 2.38 bits per heavy atom. The number of nitrogens with zero attached hydrogens (tertiary/aromatic N) is 1. The van der Waals surface area contributed by atoms with E-state index < -0.39 is 6.36 Å². The smallest absolute Gasteiger partial charge is 0.469 e. The topological polar surface area (TPSA) is 38.8 Å². The van der Waals surface area contributed by atoms with E-state index in [1.165, 1.54) is 19.2 Å². The number of carbonyl (C=O) groups excluding carboxylic acids is 1. The number of esters is 1. The maximum absolute atomic E-state index is 12.0. The Balaban J connectivity index is 2.39. The molecule has 0 bridgehead atoms. The van der Waals surface area contributed by atoms with Crippen LogP contribution in [0, 0.1) is 0 Å². The van der Waals surface area contributed by atoms with Crippen LogP contribution < -0.4 is 4.74 Å². The lowest BCUT2D eigenvalue weighted by Gasteiger charge is -2.16. The van der Waals surface area contributed by atoms with Crippen LogP contribution in [-0.2, 0) is 16.1 Å². The molecule has 0 aliphatic rings. The summed E-state index contributed by atoms with van der Waals surface area (Å²) in [5.74, 6) is -0.489. The van der Waals surface area contributed by atoms with Crippen LogP contribution in [0.3, 0.4) is 0 Å². The van der Waals surface area contributed by atoms with Gasteiger partial charge in [-0.1, -0.05) is 12.1 Å². The average Bonchev–Trinajstić information content (AvgIpc) is 2.39. The summed E-state index contributed by atoms with van der Waals surface area (Å²) in [4.78, 5) is 12.9. The van der Waals surface area contributed by atoms with Crippen molar-refractivity contribution in [2.75, 3.05) is 20.7 Å². The number of hydrogen-bond acceptors (Lipinski definition) is 4. The molecule has 1 rings (SSSR count). The van der Waals surface area contributed by atoms with Crippen molar-refractivity contribution in [1.82, 2.24) is 4.90 Å². The molecule has 0 amide bonds. The predicted octanol–water partition coefficient (Wildman–Crippen LogP) is 2.97. The van der Waals surface area contributed by atoms with Crippen LogP contribution in [-0.4, -0.2) is 37.9 Å². The highest BCUT2D eigenvalue weighted by Crippen LogP contribution is 2.22. The molecule has 0 atom stereocenters. The molecule has 0 aliphatic carbocycles. The molecule has 0 fully saturated rings. The fourth-order valence-electron chi connectivity index (χ4n) is 1.78. The van der Waals surface area contributed by atoms with E-state index in [1.54, 1.807) is 12.1 Å². The van der Waals surface area contributed by atoms with Gasteiger partial charge in [0.2, 0.25) is 0 Å². The van der Waals surface area contributed by atoms with Crippen molar-refractivity contribution in [1.29, 1.82) is 0 Å². The first kappa shape index (κ1) is 17.3. The lowest BCUT2D eigenvalue weighted by Crippen LogP contribution is -2.20. The van der Waals surface area contributed by atoms with E-state index in [0.717, 1.165) is 5.56 Å². The zero-order valence-corrected chi connectivity index (χ0v) is 11.9. The van der Waals surface area contributed by atoms with E-state index in [1.807, 2.05) is 11.9 Å². The molecule has 0 N–H and O–H groups in total. The minimum Gasteiger partial charge on any atom is -0.469 e. The quantitative estimate of drug-likeness (QED) is 0.726. The summed E-state index contributed by atoms with van der Waals surface area (Å²) in [7, 11) is 3.22. The van der Waals surface area contributed by atoms with Gasteiger partial charge in [-0.3, -0.25) is 4.79 Å². The van der Waals surface area contributed by atoms with Crippen molar-refractivity contribution < 1.29 is 27.4 Å². The predicted molar refractivity (Wildman–Crippen MR) is 70.7 cm³/mol. The molecule has 1 aromatic carbocycles. The fourth-order valence-corrected chi connectivity index (χ4v) is 1.78. The first-order valence-corrected chi connectivity index (χ1v) is 6.40. The van der Waals surface area contributed by atoms with E-state index in [0.29, 0.717) is 25.9 Å². The third-order valence-electron chi connectivity index (χ3n) is 2.76. The maximum atomic E-state index is 12.0. The highest BCUT2D eigenvalue weighted by Gasteiger charge is 2.30. The van der Waals surface area contributed by atoms with Crippen LogP contribution in [0.1, 0.15) is 18.4 Å². The van der Waals surface area contributed by atoms with E-state index in [4.69, 9.17) is 0 Å². The van der Waals surface area contributed by atoms with Gasteiger partial charge < -0.3 is 14.4 Å².